The van der Waals surface area contributed by atoms with Gasteiger partial charge in [-0.3, -0.25) is 5.32 Å². The van der Waals surface area contributed by atoms with Gasteiger partial charge in [-0.1, -0.05) is 19.3 Å². The molecule has 5 nitrogen and oxygen atoms in total. The molecule has 0 aromatic carbocycles. The van der Waals surface area contributed by atoms with Crippen molar-refractivity contribution in [1.82, 2.24) is 15.5 Å². The second kappa shape index (κ2) is 5.38. The van der Waals surface area contributed by atoms with Crippen molar-refractivity contribution in [3.8, 4) is 0 Å². The van der Waals surface area contributed by atoms with E-state index in [-0.39, 0.29) is 6.17 Å². The molecular formula is C12H23N5. The van der Waals surface area contributed by atoms with E-state index in [0.717, 1.165) is 11.9 Å². The van der Waals surface area contributed by atoms with Crippen LogP contribution in [0.5, 0.6) is 0 Å². The number of hydrogen-bond donors (Lipinski definition) is 2. The molecule has 1 heterocycles. The number of guanidine groups is 2. The van der Waals surface area contributed by atoms with Crippen LogP contribution in [0.1, 0.15) is 32.1 Å². The zero-order chi connectivity index (χ0) is 12.3. The monoisotopic (exact) mass is 237 g/mol. The molecule has 1 fully saturated rings. The molecule has 96 valence electrons. The van der Waals surface area contributed by atoms with Gasteiger partial charge in [-0.25, -0.2) is 9.98 Å². The van der Waals surface area contributed by atoms with E-state index in [1.54, 1.807) is 0 Å². The zero-order valence-corrected chi connectivity index (χ0v) is 11.0. The van der Waals surface area contributed by atoms with Gasteiger partial charge in [0.05, 0.1) is 0 Å². The Morgan fingerprint density at radius 3 is 2.47 bits per heavy atom. The van der Waals surface area contributed by atoms with Gasteiger partial charge in [-0.2, -0.15) is 0 Å². The number of nitrogens with one attached hydrogen (secondary N) is 2. The van der Waals surface area contributed by atoms with Crippen LogP contribution in [0.15, 0.2) is 9.98 Å². The Morgan fingerprint density at radius 1 is 1.18 bits per heavy atom. The number of nitrogens with zero attached hydrogens (tertiary/aromatic N) is 3. The lowest BCUT2D eigenvalue weighted by Crippen LogP contribution is -2.49. The van der Waals surface area contributed by atoms with Gasteiger partial charge in [0.25, 0.3) is 0 Å². The normalized spacial score (nSPS) is 25.7. The average molecular weight is 237 g/mol. The van der Waals surface area contributed by atoms with Crippen LogP contribution in [0.4, 0.5) is 0 Å². The lowest BCUT2D eigenvalue weighted by atomic mass is 9.87. The Hall–Kier alpha value is -1.26. The van der Waals surface area contributed by atoms with E-state index in [4.69, 9.17) is 4.99 Å². The highest BCUT2D eigenvalue weighted by atomic mass is 15.4. The second-order valence-electron chi connectivity index (χ2n) is 5.01. The van der Waals surface area contributed by atoms with Crippen LogP contribution in [0.25, 0.3) is 0 Å². The maximum Gasteiger partial charge on any atom is 0.202 e. The van der Waals surface area contributed by atoms with E-state index in [9.17, 15) is 0 Å². The maximum absolute atomic E-state index is 4.71. The minimum Gasteiger partial charge on any atom is -0.359 e. The third-order valence-electron chi connectivity index (χ3n) is 3.48. The van der Waals surface area contributed by atoms with Crippen LogP contribution in [-0.2, 0) is 0 Å². The van der Waals surface area contributed by atoms with Gasteiger partial charge >= 0.3 is 0 Å². The Kier molecular flexibility index (Phi) is 3.86. The molecule has 1 aliphatic heterocycles. The first kappa shape index (κ1) is 12.2. The van der Waals surface area contributed by atoms with E-state index >= 15 is 0 Å². The molecule has 0 saturated heterocycles. The van der Waals surface area contributed by atoms with Gasteiger partial charge < -0.3 is 10.2 Å². The molecule has 0 amide bonds. The van der Waals surface area contributed by atoms with Crippen molar-refractivity contribution >= 4 is 11.9 Å². The Bertz CT molecular complexity index is 315. The molecule has 0 spiro atoms. The highest BCUT2D eigenvalue weighted by molar-refractivity contribution is 5.99. The molecule has 1 atom stereocenters. The van der Waals surface area contributed by atoms with E-state index < -0.39 is 0 Å². The molecule has 0 bridgehead atoms. The van der Waals surface area contributed by atoms with Gasteiger partial charge in [0.15, 0.2) is 5.96 Å². The van der Waals surface area contributed by atoms with Crippen LogP contribution >= 0.6 is 0 Å². The minimum atomic E-state index is 0.0939. The van der Waals surface area contributed by atoms with E-state index in [2.05, 4.69) is 15.6 Å². The SMILES string of the molecule is CNC1=NC(C2CCCCC2)N=C(N(C)C)N1. The average Bonchev–Trinajstić information content (AvgIpc) is 2.39. The highest BCUT2D eigenvalue weighted by Gasteiger charge is 2.26. The summed E-state index contributed by atoms with van der Waals surface area (Å²) in [5.74, 6) is 2.35. The van der Waals surface area contributed by atoms with Crippen LogP contribution < -0.4 is 10.6 Å². The smallest absolute Gasteiger partial charge is 0.202 e. The van der Waals surface area contributed by atoms with Crippen molar-refractivity contribution in [2.45, 2.75) is 38.3 Å². The van der Waals surface area contributed by atoms with Gasteiger partial charge in [0.2, 0.25) is 5.96 Å². The molecule has 2 N–H and O–H groups in total. The van der Waals surface area contributed by atoms with E-state index in [1.165, 1.54) is 32.1 Å². The van der Waals surface area contributed by atoms with Crippen molar-refractivity contribution in [2.75, 3.05) is 21.1 Å². The Labute approximate surface area is 103 Å². The lowest BCUT2D eigenvalue weighted by Gasteiger charge is -2.30. The fourth-order valence-corrected chi connectivity index (χ4v) is 2.45. The first-order valence-corrected chi connectivity index (χ1v) is 6.48. The lowest BCUT2D eigenvalue weighted by molar-refractivity contribution is 0.306. The van der Waals surface area contributed by atoms with Crippen molar-refractivity contribution in [3.05, 3.63) is 0 Å². The molecule has 0 aromatic rings. The maximum atomic E-state index is 4.71. The van der Waals surface area contributed by atoms with Crippen molar-refractivity contribution in [2.24, 2.45) is 15.9 Å². The second-order valence-corrected chi connectivity index (χ2v) is 5.01. The molecule has 0 aromatic heterocycles. The van der Waals surface area contributed by atoms with Crippen molar-refractivity contribution in [3.63, 3.8) is 0 Å². The summed E-state index contributed by atoms with van der Waals surface area (Å²) in [7, 11) is 5.90. The number of hydrogen-bond acceptors (Lipinski definition) is 5. The summed E-state index contributed by atoms with van der Waals surface area (Å²) in [4.78, 5) is 11.3. The molecule has 2 rings (SSSR count). The van der Waals surface area contributed by atoms with Gasteiger partial charge in [-0.05, 0) is 12.8 Å². The van der Waals surface area contributed by atoms with Crippen molar-refractivity contribution in [1.29, 1.82) is 0 Å². The predicted molar refractivity (Wildman–Crippen MR) is 71.1 cm³/mol. The molecule has 2 aliphatic rings. The quantitative estimate of drug-likeness (QED) is 0.715. The molecule has 1 unspecified atom stereocenters. The third-order valence-corrected chi connectivity index (χ3v) is 3.48. The fourth-order valence-electron chi connectivity index (χ4n) is 2.45. The number of rotatable bonds is 1. The zero-order valence-electron chi connectivity index (χ0n) is 11.0. The summed E-state index contributed by atoms with van der Waals surface area (Å²) in [5, 5.41) is 6.28. The summed E-state index contributed by atoms with van der Waals surface area (Å²) in [6.45, 7) is 0. The van der Waals surface area contributed by atoms with Crippen LogP contribution in [0.2, 0.25) is 0 Å². The highest BCUT2D eigenvalue weighted by Crippen LogP contribution is 2.29. The summed E-state index contributed by atoms with van der Waals surface area (Å²) in [5.41, 5.74) is 0. The topological polar surface area (TPSA) is 52.0 Å². The molecule has 1 aliphatic carbocycles. The largest absolute Gasteiger partial charge is 0.359 e. The minimum absolute atomic E-state index is 0.0939. The standard InChI is InChI=1S/C12H23N5/c1-13-11-14-10(9-7-5-4-6-8-9)15-12(16-11)17(2)3/h9-10H,4-8H2,1-3H3,(H2,13,14,15,16). The molecule has 1 saturated carbocycles. The number of aliphatic imine (C=N–C) groups is 2. The Balaban J connectivity index is 2.11. The van der Waals surface area contributed by atoms with Gasteiger partial charge in [0, 0.05) is 27.1 Å². The first-order chi connectivity index (χ1) is 8.20. The van der Waals surface area contributed by atoms with E-state index in [1.807, 2.05) is 26.0 Å². The summed E-state index contributed by atoms with van der Waals surface area (Å²) >= 11 is 0. The fraction of sp³-hybridized carbons (Fsp3) is 0.833. The van der Waals surface area contributed by atoms with Crippen LogP contribution in [-0.4, -0.2) is 44.1 Å². The predicted octanol–water partition coefficient (Wildman–Crippen LogP) is 0.989. The third kappa shape index (κ3) is 2.90. The molecule has 17 heavy (non-hydrogen) atoms. The molecule has 5 heteroatoms. The van der Waals surface area contributed by atoms with Gasteiger partial charge in [0.1, 0.15) is 6.17 Å². The van der Waals surface area contributed by atoms with Crippen molar-refractivity contribution < 1.29 is 0 Å². The van der Waals surface area contributed by atoms with Crippen LogP contribution in [0.3, 0.4) is 0 Å². The summed E-state index contributed by atoms with van der Waals surface area (Å²) in [6, 6.07) is 0. The Morgan fingerprint density at radius 2 is 1.88 bits per heavy atom. The molecular weight excluding hydrogens is 214 g/mol. The van der Waals surface area contributed by atoms with Crippen LogP contribution in [0, 0.1) is 5.92 Å². The van der Waals surface area contributed by atoms with E-state index in [0.29, 0.717) is 5.92 Å². The van der Waals surface area contributed by atoms with Gasteiger partial charge in [-0.15, -0.1) is 0 Å². The molecule has 0 radical (unpaired) electrons. The first-order valence-electron chi connectivity index (χ1n) is 6.48. The summed E-state index contributed by atoms with van der Waals surface area (Å²) in [6.07, 6.45) is 6.63. The summed E-state index contributed by atoms with van der Waals surface area (Å²) < 4.78 is 0.